The average Bonchev–Trinajstić information content (AvgIpc) is 2.76. The molecule has 0 aliphatic heterocycles. The number of hydrogen-bond donors (Lipinski definition) is 2. The van der Waals surface area contributed by atoms with Crippen LogP contribution >= 0.6 is 0 Å². The monoisotopic (exact) mass is 485 g/mol. The van der Waals surface area contributed by atoms with Crippen LogP contribution in [-0.4, -0.2) is 48.1 Å². The van der Waals surface area contributed by atoms with Crippen LogP contribution in [0.2, 0.25) is 0 Å². The van der Waals surface area contributed by atoms with Crippen LogP contribution in [0.15, 0.2) is 59.8 Å². The molecule has 3 rings (SSSR count). The minimum Gasteiger partial charge on any atom is -0.475 e. The zero-order valence-electron chi connectivity index (χ0n) is 19.4. The van der Waals surface area contributed by atoms with E-state index in [1.807, 2.05) is 20.8 Å². The number of carbonyl (C=O) groups excluding carboxylic acids is 1. The fourth-order valence-corrected chi connectivity index (χ4v) is 3.64. The van der Waals surface area contributed by atoms with E-state index in [2.05, 4.69) is 25.0 Å². The summed E-state index contributed by atoms with van der Waals surface area (Å²) < 4.78 is 38.5. The lowest BCUT2D eigenvalue weighted by molar-refractivity contribution is -0.0168. The average molecular weight is 486 g/mol. The maximum atomic E-state index is 12.5. The third-order valence-corrected chi connectivity index (χ3v) is 5.65. The SMILES string of the molecule is Cc1ccnc(NS(=O)(=O)c2ccc(NC(=O)c3ccc(OCCOC(C)(C)C)nc3)cc2)n1. The molecule has 180 valence electrons. The Bertz CT molecular complexity index is 1220. The number of aryl methyl sites for hydroxylation is 1. The molecule has 0 radical (unpaired) electrons. The number of sulfonamides is 1. The third-order valence-electron chi connectivity index (χ3n) is 4.31. The fourth-order valence-electron chi connectivity index (χ4n) is 2.69. The van der Waals surface area contributed by atoms with Crippen molar-refractivity contribution in [3.8, 4) is 5.88 Å². The number of pyridine rings is 1. The van der Waals surface area contributed by atoms with Gasteiger partial charge in [0.2, 0.25) is 11.8 Å². The number of nitrogens with zero attached hydrogens (tertiary/aromatic N) is 3. The van der Waals surface area contributed by atoms with Crippen molar-refractivity contribution in [1.29, 1.82) is 0 Å². The predicted molar refractivity (Wildman–Crippen MR) is 127 cm³/mol. The van der Waals surface area contributed by atoms with Gasteiger partial charge >= 0.3 is 0 Å². The Balaban J connectivity index is 1.56. The van der Waals surface area contributed by atoms with Crippen LogP contribution in [-0.2, 0) is 14.8 Å². The molecule has 34 heavy (non-hydrogen) atoms. The Kier molecular flexibility index (Phi) is 7.79. The van der Waals surface area contributed by atoms with Crippen molar-refractivity contribution in [2.45, 2.75) is 38.2 Å². The molecule has 0 aliphatic carbocycles. The number of hydrogen-bond acceptors (Lipinski definition) is 8. The summed E-state index contributed by atoms with van der Waals surface area (Å²) in [6.45, 7) is 8.38. The number of rotatable bonds is 9. The quantitative estimate of drug-likeness (QED) is 0.441. The molecule has 0 atom stereocenters. The Morgan fingerprint density at radius 1 is 1.00 bits per heavy atom. The van der Waals surface area contributed by atoms with Crippen LogP contribution in [0.4, 0.5) is 11.6 Å². The zero-order chi connectivity index (χ0) is 24.8. The van der Waals surface area contributed by atoms with E-state index in [4.69, 9.17) is 9.47 Å². The zero-order valence-corrected chi connectivity index (χ0v) is 20.2. The van der Waals surface area contributed by atoms with Gasteiger partial charge in [0.1, 0.15) is 6.61 Å². The van der Waals surface area contributed by atoms with Gasteiger partial charge in [0.05, 0.1) is 22.7 Å². The van der Waals surface area contributed by atoms with Crippen LogP contribution in [0.5, 0.6) is 5.88 Å². The Morgan fingerprint density at radius 2 is 1.74 bits per heavy atom. The highest BCUT2D eigenvalue weighted by Gasteiger charge is 2.16. The summed E-state index contributed by atoms with van der Waals surface area (Å²) in [5, 5.41) is 2.70. The molecule has 0 aliphatic rings. The third kappa shape index (κ3) is 7.49. The van der Waals surface area contributed by atoms with Gasteiger partial charge in [-0.3, -0.25) is 4.79 Å². The molecule has 0 fully saturated rings. The molecule has 0 saturated carbocycles. The largest absolute Gasteiger partial charge is 0.475 e. The van der Waals surface area contributed by atoms with Crippen molar-refractivity contribution < 1.29 is 22.7 Å². The summed E-state index contributed by atoms with van der Waals surface area (Å²) in [5.41, 5.74) is 1.14. The minimum atomic E-state index is -3.87. The summed E-state index contributed by atoms with van der Waals surface area (Å²) in [6.07, 6.45) is 2.87. The number of anilines is 2. The van der Waals surface area contributed by atoms with Gasteiger partial charge in [0, 0.05) is 29.8 Å². The lowest BCUT2D eigenvalue weighted by Crippen LogP contribution is -2.22. The summed E-state index contributed by atoms with van der Waals surface area (Å²) >= 11 is 0. The van der Waals surface area contributed by atoms with Crippen LogP contribution in [0.1, 0.15) is 36.8 Å². The molecule has 0 saturated heterocycles. The summed E-state index contributed by atoms with van der Waals surface area (Å²) in [5.74, 6) is -0.0234. The molecule has 3 aromatic rings. The van der Waals surface area contributed by atoms with Gasteiger partial charge in [0.15, 0.2) is 0 Å². The second-order valence-electron chi connectivity index (χ2n) is 8.30. The highest BCUT2D eigenvalue weighted by Crippen LogP contribution is 2.18. The number of nitrogens with one attached hydrogen (secondary N) is 2. The van der Waals surface area contributed by atoms with Crippen molar-refractivity contribution in [2.24, 2.45) is 0 Å². The molecule has 10 nitrogen and oxygen atoms in total. The highest BCUT2D eigenvalue weighted by molar-refractivity contribution is 7.92. The van der Waals surface area contributed by atoms with Gasteiger partial charge < -0.3 is 14.8 Å². The van der Waals surface area contributed by atoms with Gasteiger partial charge in [-0.05, 0) is 64.1 Å². The Hall–Kier alpha value is -3.57. The first-order chi connectivity index (χ1) is 16.0. The van der Waals surface area contributed by atoms with E-state index in [0.717, 1.165) is 0 Å². The van der Waals surface area contributed by atoms with Crippen molar-refractivity contribution >= 4 is 27.6 Å². The first kappa shape index (κ1) is 25.1. The van der Waals surface area contributed by atoms with Crippen LogP contribution < -0.4 is 14.8 Å². The van der Waals surface area contributed by atoms with E-state index in [9.17, 15) is 13.2 Å². The molecule has 2 N–H and O–H groups in total. The molecule has 0 spiro atoms. The van der Waals surface area contributed by atoms with Crippen molar-refractivity contribution in [2.75, 3.05) is 23.3 Å². The highest BCUT2D eigenvalue weighted by atomic mass is 32.2. The smallest absolute Gasteiger partial charge is 0.264 e. The van der Waals surface area contributed by atoms with E-state index >= 15 is 0 Å². The van der Waals surface area contributed by atoms with Crippen LogP contribution in [0, 0.1) is 6.92 Å². The molecule has 11 heteroatoms. The molecular formula is C23H27N5O5S. The molecule has 1 aromatic carbocycles. The number of benzene rings is 1. The standard InChI is InChI=1S/C23H27N5O5S/c1-16-11-12-24-22(26-16)28-34(30,31)19-8-6-18(7-9-19)27-21(29)17-5-10-20(25-15-17)32-13-14-33-23(2,3)4/h5-12,15H,13-14H2,1-4H3,(H,27,29)(H,24,26,28). The summed E-state index contributed by atoms with van der Waals surface area (Å²) in [4.78, 5) is 24.6. The molecule has 1 amide bonds. The molecule has 2 heterocycles. The van der Waals surface area contributed by atoms with E-state index in [0.29, 0.717) is 36.0 Å². The maximum absolute atomic E-state index is 12.5. The lowest BCUT2D eigenvalue weighted by atomic mass is 10.2. The second-order valence-corrected chi connectivity index (χ2v) is 9.98. The Morgan fingerprint density at radius 3 is 2.35 bits per heavy atom. The van der Waals surface area contributed by atoms with E-state index < -0.39 is 15.9 Å². The number of carbonyl (C=O) groups is 1. The van der Waals surface area contributed by atoms with Crippen molar-refractivity contribution in [1.82, 2.24) is 15.0 Å². The van der Waals surface area contributed by atoms with Crippen LogP contribution in [0.3, 0.4) is 0 Å². The second kappa shape index (κ2) is 10.6. The topological polar surface area (TPSA) is 132 Å². The summed E-state index contributed by atoms with van der Waals surface area (Å²) in [7, 11) is -3.87. The number of ether oxygens (including phenoxy) is 2. The molecule has 0 bridgehead atoms. The summed E-state index contributed by atoms with van der Waals surface area (Å²) in [6, 6.07) is 10.6. The minimum absolute atomic E-state index is 0.00853. The maximum Gasteiger partial charge on any atom is 0.264 e. The first-order valence-electron chi connectivity index (χ1n) is 10.5. The molecule has 0 unspecified atom stereocenters. The number of aromatic nitrogens is 3. The van der Waals surface area contributed by atoms with Crippen LogP contribution in [0.25, 0.3) is 0 Å². The van der Waals surface area contributed by atoms with Gasteiger partial charge in [-0.1, -0.05) is 0 Å². The normalized spacial score (nSPS) is 11.6. The van der Waals surface area contributed by atoms with Crippen molar-refractivity contribution in [3.05, 3.63) is 66.1 Å². The fraction of sp³-hybridized carbons (Fsp3) is 0.304. The van der Waals surface area contributed by atoms with Gasteiger partial charge in [0.25, 0.3) is 15.9 Å². The molecule has 2 aromatic heterocycles. The van der Waals surface area contributed by atoms with Gasteiger partial charge in [-0.2, -0.15) is 0 Å². The Labute approximate surface area is 198 Å². The predicted octanol–water partition coefficient (Wildman–Crippen LogP) is 3.43. The van der Waals surface area contributed by atoms with E-state index in [1.165, 1.54) is 36.7 Å². The van der Waals surface area contributed by atoms with Gasteiger partial charge in [-0.25, -0.2) is 28.1 Å². The van der Waals surface area contributed by atoms with Gasteiger partial charge in [-0.15, -0.1) is 0 Å². The van der Waals surface area contributed by atoms with Crippen molar-refractivity contribution in [3.63, 3.8) is 0 Å². The first-order valence-corrected chi connectivity index (χ1v) is 12.0. The van der Waals surface area contributed by atoms with E-state index in [-0.39, 0.29) is 16.4 Å². The molecular weight excluding hydrogens is 458 g/mol. The number of amides is 1. The lowest BCUT2D eigenvalue weighted by Gasteiger charge is -2.19. The van der Waals surface area contributed by atoms with E-state index in [1.54, 1.807) is 25.1 Å².